The van der Waals surface area contributed by atoms with Crippen molar-refractivity contribution < 1.29 is 9.21 Å². The minimum atomic E-state index is -0.220. The number of nitrogens with zero attached hydrogens (tertiary/aromatic N) is 1. The van der Waals surface area contributed by atoms with Gasteiger partial charge in [-0.1, -0.05) is 36.0 Å². The van der Waals surface area contributed by atoms with Gasteiger partial charge in [-0.3, -0.25) is 4.79 Å². The molecule has 0 spiro atoms. The second-order valence-electron chi connectivity index (χ2n) is 5.91. The van der Waals surface area contributed by atoms with Crippen LogP contribution in [-0.2, 0) is 12.8 Å². The van der Waals surface area contributed by atoms with Gasteiger partial charge in [0.05, 0.1) is 5.25 Å². The van der Waals surface area contributed by atoms with Crippen molar-refractivity contribution in [1.82, 2.24) is 4.98 Å². The summed E-state index contributed by atoms with van der Waals surface area (Å²) in [5.41, 5.74) is 5.09. The lowest BCUT2D eigenvalue weighted by Gasteiger charge is -2.09. The van der Waals surface area contributed by atoms with Crippen LogP contribution in [0.2, 0.25) is 0 Å². The lowest BCUT2D eigenvalue weighted by molar-refractivity contribution is 0.0993. The Bertz CT molecular complexity index is 851. The van der Waals surface area contributed by atoms with Gasteiger partial charge in [0.2, 0.25) is 0 Å². The molecule has 1 heterocycles. The minimum absolute atomic E-state index is 0.131. The van der Waals surface area contributed by atoms with Gasteiger partial charge in [-0.15, -0.1) is 0 Å². The summed E-state index contributed by atoms with van der Waals surface area (Å²) < 4.78 is 5.70. The topological polar surface area (TPSA) is 43.1 Å². The Balaban J connectivity index is 1.54. The Morgan fingerprint density at radius 3 is 2.87 bits per heavy atom. The van der Waals surface area contributed by atoms with Crippen molar-refractivity contribution >= 4 is 28.6 Å². The van der Waals surface area contributed by atoms with Gasteiger partial charge in [0.1, 0.15) is 5.52 Å². The zero-order chi connectivity index (χ0) is 15.8. The lowest BCUT2D eigenvalue weighted by Crippen LogP contribution is -2.13. The molecule has 1 aliphatic rings. The van der Waals surface area contributed by atoms with E-state index in [1.165, 1.54) is 29.3 Å². The molecule has 0 aliphatic heterocycles. The third-order valence-corrected chi connectivity index (χ3v) is 5.25. The summed E-state index contributed by atoms with van der Waals surface area (Å²) in [5.74, 6) is 0.131. The molecule has 0 bridgehead atoms. The fraction of sp³-hybridized carbons (Fsp3) is 0.263. The summed E-state index contributed by atoms with van der Waals surface area (Å²) >= 11 is 1.38. The van der Waals surface area contributed by atoms with Crippen molar-refractivity contribution in [2.45, 2.75) is 36.7 Å². The maximum absolute atomic E-state index is 12.7. The first-order valence-electron chi connectivity index (χ1n) is 7.89. The van der Waals surface area contributed by atoms with Crippen LogP contribution in [0.3, 0.4) is 0 Å². The maximum atomic E-state index is 12.7. The predicted octanol–water partition coefficient (Wildman–Crippen LogP) is 4.68. The number of rotatable bonds is 4. The zero-order valence-electron chi connectivity index (χ0n) is 12.9. The van der Waals surface area contributed by atoms with Gasteiger partial charge in [-0.05, 0) is 55.5 Å². The molecule has 4 rings (SSSR count). The number of oxazole rings is 1. The first-order chi connectivity index (χ1) is 11.2. The Hall–Kier alpha value is -2.07. The van der Waals surface area contributed by atoms with Crippen molar-refractivity contribution in [3.05, 3.63) is 59.2 Å². The fourth-order valence-electron chi connectivity index (χ4n) is 3.07. The van der Waals surface area contributed by atoms with Crippen LogP contribution in [-0.4, -0.2) is 16.0 Å². The number of thioether (sulfide) groups is 1. The molecular weight excluding hydrogens is 306 g/mol. The van der Waals surface area contributed by atoms with Crippen molar-refractivity contribution in [2.24, 2.45) is 0 Å². The van der Waals surface area contributed by atoms with E-state index in [0.29, 0.717) is 5.22 Å². The molecule has 0 N–H and O–H groups in total. The van der Waals surface area contributed by atoms with E-state index in [4.69, 9.17) is 4.42 Å². The molecular formula is C19H17NO2S. The number of aryl methyl sites for hydroxylation is 2. The average molecular weight is 323 g/mol. The van der Waals surface area contributed by atoms with Crippen LogP contribution < -0.4 is 0 Å². The average Bonchev–Trinajstić information content (AvgIpc) is 3.18. The molecule has 0 fully saturated rings. The summed E-state index contributed by atoms with van der Waals surface area (Å²) in [7, 11) is 0. The van der Waals surface area contributed by atoms with Crippen LogP contribution in [0.4, 0.5) is 0 Å². The van der Waals surface area contributed by atoms with Crippen LogP contribution in [0.25, 0.3) is 11.1 Å². The fourth-order valence-corrected chi connectivity index (χ4v) is 3.90. The normalized spacial score (nSPS) is 14.8. The molecule has 1 aromatic heterocycles. The molecule has 23 heavy (non-hydrogen) atoms. The molecule has 0 saturated heterocycles. The van der Waals surface area contributed by atoms with E-state index < -0.39 is 0 Å². The van der Waals surface area contributed by atoms with Gasteiger partial charge in [0, 0.05) is 5.56 Å². The van der Waals surface area contributed by atoms with Gasteiger partial charge in [-0.2, -0.15) is 0 Å². The summed E-state index contributed by atoms with van der Waals surface area (Å²) in [5, 5.41) is 0.329. The van der Waals surface area contributed by atoms with Crippen LogP contribution in [0, 0.1) is 0 Å². The SMILES string of the molecule is C[C@H](Sc1nc2ccccc2o1)C(=O)c1ccc2c(c1)CCC2. The van der Waals surface area contributed by atoms with E-state index in [1.807, 2.05) is 37.3 Å². The van der Waals surface area contributed by atoms with Crippen LogP contribution >= 0.6 is 11.8 Å². The van der Waals surface area contributed by atoms with Gasteiger partial charge in [0.15, 0.2) is 11.4 Å². The number of carbonyl (C=O) groups is 1. The second-order valence-corrected chi connectivity index (χ2v) is 7.20. The van der Waals surface area contributed by atoms with Gasteiger partial charge in [-0.25, -0.2) is 4.98 Å². The Morgan fingerprint density at radius 2 is 2.00 bits per heavy atom. The number of hydrogen-bond donors (Lipinski definition) is 0. The number of hydrogen-bond acceptors (Lipinski definition) is 4. The van der Waals surface area contributed by atoms with Gasteiger partial charge >= 0.3 is 0 Å². The maximum Gasteiger partial charge on any atom is 0.257 e. The molecule has 2 aromatic carbocycles. The molecule has 1 atom stereocenters. The zero-order valence-corrected chi connectivity index (χ0v) is 13.7. The van der Waals surface area contributed by atoms with E-state index in [0.717, 1.165) is 29.5 Å². The van der Waals surface area contributed by atoms with E-state index in [1.54, 1.807) is 0 Å². The molecule has 0 saturated carbocycles. The Kier molecular flexibility index (Phi) is 3.69. The highest BCUT2D eigenvalue weighted by Crippen LogP contribution is 2.29. The third-order valence-electron chi connectivity index (χ3n) is 4.30. The van der Waals surface area contributed by atoms with Crippen LogP contribution in [0.5, 0.6) is 0 Å². The number of ketones is 1. The number of para-hydroxylation sites is 2. The first-order valence-corrected chi connectivity index (χ1v) is 8.77. The molecule has 1 aliphatic carbocycles. The van der Waals surface area contributed by atoms with E-state index in [9.17, 15) is 4.79 Å². The number of Topliss-reactive ketones (excluding diaryl/α,β-unsaturated/α-hetero) is 1. The van der Waals surface area contributed by atoms with E-state index in [2.05, 4.69) is 17.1 Å². The number of fused-ring (bicyclic) bond motifs is 2. The molecule has 3 aromatic rings. The largest absolute Gasteiger partial charge is 0.431 e. The summed E-state index contributed by atoms with van der Waals surface area (Å²) in [4.78, 5) is 17.1. The smallest absolute Gasteiger partial charge is 0.257 e. The summed E-state index contributed by atoms with van der Waals surface area (Å²) in [6.45, 7) is 1.91. The van der Waals surface area contributed by atoms with Gasteiger partial charge in [0.25, 0.3) is 5.22 Å². The second kappa shape index (κ2) is 5.85. The van der Waals surface area contributed by atoms with Crippen LogP contribution in [0.1, 0.15) is 34.8 Å². The molecule has 0 amide bonds. The molecule has 4 heteroatoms. The van der Waals surface area contributed by atoms with Crippen molar-refractivity contribution in [2.75, 3.05) is 0 Å². The lowest BCUT2D eigenvalue weighted by atomic mass is 10.0. The van der Waals surface area contributed by atoms with E-state index in [-0.39, 0.29) is 11.0 Å². The minimum Gasteiger partial charge on any atom is -0.431 e. The van der Waals surface area contributed by atoms with Crippen molar-refractivity contribution in [3.8, 4) is 0 Å². The molecule has 0 radical (unpaired) electrons. The summed E-state index contributed by atoms with van der Waals surface area (Å²) in [6.07, 6.45) is 3.42. The monoisotopic (exact) mass is 323 g/mol. The number of carbonyl (C=O) groups excluding carboxylic acids is 1. The van der Waals surface area contributed by atoms with Crippen molar-refractivity contribution in [3.63, 3.8) is 0 Å². The summed E-state index contributed by atoms with van der Waals surface area (Å²) in [6, 6.07) is 13.8. The first kappa shape index (κ1) is 14.5. The Morgan fingerprint density at radius 1 is 1.17 bits per heavy atom. The highest BCUT2D eigenvalue weighted by atomic mass is 32.2. The highest BCUT2D eigenvalue weighted by Gasteiger charge is 2.21. The highest BCUT2D eigenvalue weighted by molar-refractivity contribution is 8.00. The standard InChI is InChI=1S/C19H17NO2S/c1-12(23-19-20-16-7-2-3-8-17(16)22-19)18(21)15-10-9-13-5-4-6-14(13)11-15/h2-3,7-12H,4-6H2,1H3/t12-/m0/s1. The predicted molar refractivity (Wildman–Crippen MR) is 92.1 cm³/mol. The van der Waals surface area contributed by atoms with E-state index >= 15 is 0 Å². The van der Waals surface area contributed by atoms with Gasteiger partial charge < -0.3 is 4.42 Å². The molecule has 116 valence electrons. The van der Waals surface area contributed by atoms with Crippen molar-refractivity contribution in [1.29, 1.82) is 0 Å². The third kappa shape index (κ3) is 2.79. The molecule has 0 unspecified atom stereocenters. The quantitative estimate of drug-likeness (QED) is 0.516. The number of benzene rings is 2. The Labute approximate surface area is 139 Å². The number of aromatic nitrogens is 1. The molecule has 3 nitrogen and oxygen atoms in total. The van der Waals surface area contributed by atoms with Crippen LogP contribution in [0.15, 0.2) is 52.1 Å².